The molecule has 1 unspecified atom stereocenters. The van der Waals surface area contributed by atoms with Gasteiger partial charge >= 0.3 is 5.97 Å². The zero-order valence-electron chi connectivity index (χ0n) is 19.5. The molecule has 6 heteroatoms. The van der Waals surface area contributed by atoms with Crippen LogP contribution in [-0.4, -0.2) is 19.2 Å². The Balaban J connectivity index is 1.44. The summed E-state index contributed by atoms with van der Waals surface area (Å²) >= 11 is 0. The molecule has 0 aromatic heterocycles. The number of esters is 1. The fourth-order valence-electron chi connectivity index (χ4n) is 4.84. The molecule has 1 saturated carbocycles. The van der Waals surface area contributed by atoms with E-state index < -0.39 is 29.2 Å². The molecular formula is C28H29F3O3. The van der Waals surface area contributed by atoms with Gasteiger partial charge in [0.15, 0.2) is 11.6 Å². The number of hydrogen-bond donors (Lipinski definition) is 0. The van der Waals surface area contributed by atoms with Crippen molar-refractivity contribution in [1.82, 2.24) is 0 Å². The molecule has 2 aliphatic carbocycles. The summed E-state index contributed by atoms with van der Waals surface area (Å²) in [5.41, 5.74) is 1.52. The zero-order chi connectivity index (χ0) is 24.2. The van der Waals surface area contributed by atoms with E-state index in [2.05, 4.69) is 6.92 Å². The Morgan fingerprint density at radius 1 is 0.971 bits per heavy atom. The van der Waals surface area contributed by atoms with Crippen LogP contribution >= 0.6 is 0 Å². The van der Waals surface area contributed by atoms with E-state index in [1.54, 1.807) is 18.2 Å². The largest absolute Gasteiger partial charge is 0.420 e. The van der Waals surface area contributed by atoms with Gasteiger partial charge in [0, 0.05) is 12.7 Å². The van der Waals surface area contributed by atoms with Gasteiger partial charge in [-0.15, -0.1) is 0 Å². The van der Waals surface area contributed by atoms with E-state index in [0.717, 1.165) is 32.1 Å². The molecule has 0 bridgehead atoms. The Kier molecular flexibility index (Phi) is 7.57. The first-order valence-electron chi connectivity index (χ1n) is 11.8. The van der Waals surface area contributed by atoms with Crippen LogP contribution in [0, 0.1) is 17.6 Å². The van der Waals surface area contributed by atoms with E-state index in [9.17, 15) is 18.0 Å². The second-order valence-electron chi connectivity index (χ2n) is 9.02. The molecule has 0 N–H and O–H groups in total. The highest BCUT2D eigenvalue weighted by atomic mass is 19.2. The molecule has 2 aromatic carbocycles. The Morgan fingerprint density at radius 3 is 2.29 bits per heavy atom. The number of rotatable bonds is 6. The van der Waals surface area contributed by atoms with E-state index in [-0.39, 0.29) is 17.6 Å². The summed E-state index contributed by atoms with van der Waals surface area (Å²) in [6.07, 6.45) is 8.19. The fourth-order valence-corrected chi connectivity index (χ4v) is 4.84. The van der Waals surface area contributed by atoms with Crippen molar-refractivity contribution in [1.29, 1.82) is 0 Å². The standard InChI is InChI=1S/C28H29F3O3/c1-3-17-4-6-19(7-5-17)23-14-15-25(27(31)26(23)30)34-28(32)20-10-8-18(9-11-20)22-13-12-21(33-2)16-24(22)29/h8-11,13-17,19,21H,3-7,12H2,1-2H3. The van der Waals surface area contributed by atoms with Crippen molar-refractivity contribution in [3.8, 4) is 5.75 Å². The highest BCUT2D eigenvalue weighted by Crippen LogP contribution is 2.39. The van der Waals surface area contributed by atoms with Crippen molar-refractivity contribution in [2.75, 3.05) is 7.11 Å². The monoisotopic (exact) mass is 470 g/mol. The molecule has 0 amide bonds. The predicted octanol–water partition coefficient (Wildman–Crippen LogP) is 7.52. The smallest absolute Gasteiger partial charge is 0.343 e. The van der Waals surface area contributed by atoms with E-state index in [4.69, 9.17) is 9.47 Å². The lowest BCUT2D eigenvalue weighted by Gasteiger charge is -2.28. The quantitative estimate of drug-likeness (QED) is 0.323. The number of methoxy groups -OCH3 is 1. The highest BCUT2D eigenvalue weighted by Gasteiger charge is 2.27. The predicted molar refractivity (Wildman–Crippen MR) is 125 cm³/mol. The molecular weight excluding hydrogens is 441 g/mol. The van der Waals surface area contributed by atoms with Crippen molar-refractivity contribution in [3.63, 3.8) is 0 Å². The SMILES string of the molecule is CCC1CCC(c2ccc(OC(=O)c3ccc(C4=CCC(OC)C=C4F)cc3)c(F)c2F)CC1. The molecule has 0 saturated heterocycles. The molecule has 3 nitrogen and oxygen atoms in total. The molecule has 0 aliphatic heterocycles. The van der Waals surface area contributed by atoms with Gasteiger partial charge in [0.1, 0.15) is 5.83 Å². The van der Waals surface area contributed by atoms with Crippen molar-refractivity contribution < 1.29 is 27.4 Å². The molecule has 2 aliphatic rings. The van der Waals surface area contributed by atoms with Gasteiger partial charge in [-0.25, -0.2) is 13.6 Å². The Hall–Kier alpha value is -2.86. The van der Waals surface area contributed by atoms with E-state index in [1.807, 2.05) is 0 Å². The molecule has 34 heavy (non-hydrogen) atoms. The van der Waals surface area contributed by atoms with Crippen molar-refractivity contribution in [3.05, 3.63) is 82.7 Å². The molecule has 1 atom stereocenters. The number of benzene rings is 2. The summed E-state index contributed by atoms with van der Waals surface area (Å²) in [6.45, 7) is 2.15. The van der Waals surface area contributed by atoms with Gasteiger partial charge in [0.25, 0.3) is 0 Å². The first-order chi connectivity index (χ1) is 16.4. The third-order valence-electron chi connectivity index (χ3n) is 7.02. The van der Waals surface area contributed by atoms with Gasteiger partial charge in [0.05, 0.1) is 11.7 Å². The molecule has 1 fully saturated rings. The maximum atomic E-state index is 14.8. The van der Waals surface area contributed by atoms with Crippen LogP contribution in [0.15, 0.2) is 54.4 Å². The Labute approximate surface area is 198 Å². The van der Waals surface area contributed by atoms with Gasteiger partial charge in [-0.2, -0.15) is 4.39 Å². The number of ether oxygens (including phenoxy) is 2. The van der Waals surface area contributed by atoms with Crippen LogP contribution in [0.25, 0.3) is 5.57 Å². The molecule has 180 valence electrons. The van der Waals surface area contributed by atoms with Gasteiger partial charge in [-0.05, 0) is 79.3 Å². The highest BCUT2D eigenvalue weighted by molar-refractivity contribution is 5.92. The third-order valence-corrected chi connectivity index (χ3v) is 7.02. The van der Waals surface area contributed by atoms with Gasteiger partial charge in [-0.3, -0.25) is 0 Å². The van der Waals surface area contributed by atoms with Gasteiger partial charge in [-0.1, -0.05) is 37.6 Å². The van der Waals surface area contributed by atoms with Crippen LogP contribution in [0.4, 0.5) is 13.2 Å². The van der Waals surface area contributed by atoms with Crippen LogP contribution < -0.4 is 4.74 Å². The molecule has 0 heterocycles. The van der Waals surface area contributed by atoms with Crippen molar-refractivity contribution in [2.45, 2.75) is 57.5 Å². The lowest BCUT2D eigenvalue weighted by atomic mass is 9.77. The van der Waals surface area contributed by atoms with Crippen LogP contribution in [-0.2, 0) is 4.74 Å². The molecule has 2 aromatic rings. The Bertz CT molecular complexity index is 1100. The third kappa shape index (κ3) is 5.12. The lowest BCUT2D eigenvalue weighted by Crippen LogP contribution is -2.15. The first kappa shape index (κ1) is 24.3. The first-order valence-corrected chi connectivity index (χ1v) is 11.8. The summed E-state index contributed by atoms with van der Waals surface area (Å²) in [6, 6.07) is 8.99. The van der Waals surface area contributed by atoms with Crippen LogP contribution in [0.5, 0.6) is 5.75 Å². The molecule has 4 rings (SSSR count). The number of carbonyl (C=O) groups is 1. The summed E-state index contributed by atoms with van der Waals surface area (Å²) in [4.78, 5) is 12.5. The average molecular weight is 471 g/mol. The van der Waals surface area contributed by atoms with Crippen molar-refractivity contribution >= 4 is 11.5 Å². The minimum Gasteiger partial charge on any atom is -0.420 e. The van der Waals surface area contributed by atoms with Crippen LogP contribution in [0.1, 0.15) is 72.9 Å². The fraction of sp³-hybridized carbons (Fsp3) is 0.393. The maximum Gasteiger partial charge on any atom is 0.343 e. The zero-order valence-corrected chi connectivity index (χ0v) is 19.5. The van der Waals surface area contributed by atoms with Crippen molar-refractivity contribution in [2.24, 2.45) is 5.92 Å². The average Bonchev–Trinajstić information content (AvgIpc) is 2.87. The number of carbonyl (C=O) groups excluding carboxylic acids is 1. The van der Waals surface area contributed by atoms with E-state index >= 15 is 0 Å². The second-order valence-corrected chi connectivity index (χ2v) is 9.02. The van der Waals surface area contributed by atoms with Crippen LogP contribution in [0.3, 0.4) is 0 Å². The molecule has 0 spiro atoms. The number of hydrogen-bond acceptors (Lipinski definition) is 3. The van der Waals surface area contributed by atoms with Gasteiger partial charge in [0.2, 0.25) is 5.82 Å². The van der Waals surface area contributed by atoms with E-state index in [0.29, 0.717) is 29.0 Å². The van der Waals surface area contributed by atoms with E-state index in [1.165, 1.54) is 37.5 Å². The summed E-state index contributed by atoms with van der Waals surface area (Å²) in [5.74, 6) is -3.10. The number of halogens is 3. The normalized spacial score (nSPS) is 22.7. The summed E-state index contributed by atoms with van der Waals surface area (Å²) in [5, 5.41) is 0. The lowest BCUT2D eigenvalue weighted by molar-refractivity contribution is 0.0726. The summed E-state index contributed by atoms with van der Waals surface area (Å²) in [7, 11) is 1.52. The maximum absolute atomic E-state index is 14.8. The minimum atomic E-state index is -1.15. The van der Waals surface area contributed by atoms with Gasteiger partial charge < -0.3 is 9.47 Å². The van der Waals surface area contributed by atoms with Crippen LogP contribution in [0.2, 0.25) is 0 Å². The minimum absolute atomic E-state index is 0.0164. The topological polar surface area (TPSA) is 35.5 Å². The Morgan fingerprint density at radius 2 is 1.68 bits per heavy atom. The molecule has 0 radical (unpaired) electrons. The summed E-state index contributed by atoms with van der Waals surface area (Å²) < 4.78 is 54.2. The second kappa shape index (κ2) is 10.6. The number of allylic oxidation sites excluding steroid dienone is 2.